The van der Waals surface area contributed by atoms with E-state index in [2.05, 4.69) is 25.2 Å². The molecule has 34 heavy (non-hydrogen) atoms. The summed E-state index contributed by atoms with van der Waals surface area (Å²) in [6.45, 7) is 2.86. The molecule has 1 aliphatic heterocycles. The third kappa shape index (κ3) is 4.75. The largest absolute Gasteiger partial charge is 0.493 e. The van der Waals surface area contributed by atoms with E-state index in [1.807, 2.05) is 30.3 Å². The monoisotopic (exact) mass is 481 g/mol. The molecular weight excluding hydrogens is 454 g/mol. The summed E-state index contributed by atoms with van der Waals surface area (Å²) in [5.74, 6) is 1.73. The molecule has 178 valence electrons. The normalized spacial score (nSPS) is 15.5. The van der Waals surface area contributed by atoms with Gasteiger partial charge in [-0.1, -0.05) is 30.2 Å². The number of nitrogens with one attached hydrogen (secondary N) is 2. The molecule has 0 amide bonds. The number of rotatable bonds is 8. The zero-order valence-electron chi connectivity index (χ0n) is 19.1. The number of nitrogens with zero attached hydrogens (tertiary/aromatic N) is 3. The van der Waals surface area contributed by atoms with Crippen LogP contribution in [0.25, 0.3) is 21.8 Å². The number of aliphatic hydroxyl groups excluding tert-OH is 1. The third-order valence-corrected chi connectivity index (χ3v) is 6.50. The van der Waals surface area contributed by atoms with Crippen molar-refractivity contribution in [2.75, 3.05) is 38.7 Å². The summed E-state index contributed by atoms with van der Waals surface area (Å²) in [6.07, 6.45) is 6.34. The van der Waals surface area contributed by atoms with Gasteiger partial charge in [0.25, 0.3) is 0 Å². The molecule has 0 radical (unpaired) electrons. The first kappa shape index (κ1) is 22.7. The number of aromatic nitrogens is 3. The van der Waals surface area contributed by atoms with Gasteiger partial charge >= 0.3 is 0 Å². The van der Waals surface area contributed by atoms with Crippen molar-refractivity contribution < 1.29 is 14.6 Å². The van der Waals surface area contributed by atoms with E-state index in [1.165, 1.54) is 25.6 Å². The molecule has 3 N–H and O–H groups in total. The van der Waals surface area contributed by atoms with Gasteiger partial charge in [-0.2, -0.15) is 0 Å². The maximum absolute atomic E-state index is 10.5. The van der Waals surface area contributed by atoms with Crippen molar-refractivity contribution in [1.82, 2.24) is 19.9 Å². The van der Waals surface area contributed by atoms with Gasteiger partial charge in [-0.25, -0.2) is 9.97 Å². The molecule has 0 unspecified atom stereocenters. The maximum atomic E-state index is 10.5. The van der Waals surface area contributed by atoms with Crippen molar-refractivity contribution in [3.63, 3.8) is 0 Å². The van der Waals surface area contributed by atoms with Crippen LogP contribution >= 0.6 is 11.6 Å². The summed E-state index contributed by atoms with van der Waals surface area (Å²) in [6, 6.07) is 9.54. The lowest BCUT2D eigenvalue weighted by molar-refractivity contribution is 0.0609. The van der Waals surface area contributed by atoms with E-state index in [-0.39, 0.29) is 6.61 Å². The van der Waals surface area contributed by atoms with Crippen LogP contribution in [0.5, 0.6) is 11.5 Å². The Morgan fingerprint density at radius 2 is 2.00 bits per heavy atom. The molecule has 2 aromatic carbocycles. The van der Waals surface area contributed by atoms with E-state index in [0.717, 1.165) is 35.1 Å². The molecular formula is C25H28ClN5O3. The summed E-state index contributed by atoms with van der Waals surface area (Å²) >= 11 is 6.27. The van der Waals surface area contributed by atoms with Gasteiger partial charge in [0, 0.05) is 29.6 Å². The summed E-state index contributed by atoms with van der Waals surface area (Å²) in [5.41, 5.74) is 2.45. The van der Waals surface area contributed by atoms with Crippen LogP contribution in [0.2, 0.25) is 5.02 Å². The minimum absolute atomic E-state index is 0.185. The Bertz CT molecular complexity index is 1290. The van der Waals surface area contributed by atoms with Gasteiger partial charge < -0.3 is 29.8 Å². The number of anilines is 2. The van der Waals surface area contributed by atoms with Crippen LogP contribution < -0.4 is 14.8 Å². The number of aromatic amines is 1. The minimum atomic E-state index is -0.575. The smallest absolute Gasteiger partial charge is 0.163 e. The molecule has 0 spiro atoms. The predicted octanol–water partition coefficient (Wildman–Crippen LogP) is 4.74. The van der Waals surface area contributed by atoms with E-state index in [1.54, 1.807) is 13.3 Å². The van der Waals surface area contributed by atoms with E-state index in [9.17, 15) is 5.11 Å². The van der Waals surface area contributed by atoms with Crippen LogP contribution in [0.4, 0.5) is 11.5 Å². The summed E-state index contributed by atoms with van der Waals surface area (Å²) in [5, 5.41) is 16.3. The van der Waals surface area contributed by atoms with E-state index in [0.29, 0.717) is 34.4 Å². The van der Waals surface area contributed by atoms with Crippen LogP contribution in [0.3, 0.4) is 0 Å². The SMILES string of the molecule is COc1cc2c(Nc3cccc4c(Cl)c[nH]c34)ncnc2cc1OC[C@H](O)CN1CCCCC1. The quantitative estimate of drug-likeness (QED) is 0.334. The van der Waals surface area contributed by atoms with Gasteiger partial charge in [0.2, 0.25) is 0 Å². The second-order valence-corrected chi connectivity index (χ2v) is 8.97. The molecule has 1 fully saturated rings. The van der Waals surface area contributed by atoms with E-state index >= 15 is 0 Å². The average Bonchev–Trinajstić information content (AvgIpc) is 3.24. The highest BCUT2D eigenvalue weighted by Gasteiger charge is 2.17. The number of halogens is 1. The molecule has 1 aliphatic rings. The number of hydrogen-bond donors (Lipinski definition) is 3. The fraction of sp³-hybridized carbons (Fsp3) is 0.360. The third-order valence-electron chi connectivity index (χ3n) is 6.19. The Hall–Kier alpha value is -3.07. The Morgan fingerprint density at radius 3 is 2.82 bits per heavy atom. The number of β-amino-alcohol motifs (C(OH)–C–C–N with tert-alkyl or cyclic N) is 1. The first-order valence-corrected chi connectivity index (χ1v) is 11.9. The van der Waals surface area contributed by atoms with E-state index in [4.69, 9.17) is 21.1 Å². The Balaban J connectivity index is 1.37. The van der Waals surface area contributed by atoms with E-state index < -0.39 is 6.10 Å². The fourth-order valence-electron chi connectivity index (χ4n) is 4.47. The molecule has 0 saturated carbocycles. The lowest BCUT2D eigenvalue weighted by Crippen LogP contribution is -2.38. The maximum Gasteiger partial charge on any atom is 0.163 e. The number of methoxy groups -OCH3 is 1. The van der Waals surface area contributed by atoms with Gasteiger partial charge in [-0.15, -0.1) is 0 Å². The molecule has 3 heterocycles. The van der Waals surface area contributed by atoms with Crippen molar-refractivity contribution in [2.45, 2.75) is 25.4 Å². The molecule has 0 aliphatic carbocycles. The number of para-hydroxylation sites is 1. The summed E-state index contributed by atoms with van der Waals surface area (Å²) in [4.78, 5) is 14.4. The lowest BCUT2D eigenvalue weighted by atomic mass is 10.1. The van der Waals surface area contributed by atoms with Crippen molar-refractivity contribution in [1.29, 1.82) is 0 Å². The van der Waals surface area contributed by atoms with Crippen molar-refractivity contribution in [3.8, 4) is 11.5 Å². The number of likely N-dealkylation sites (tertiary alicyclic amines) is 1. The van der Waals surface area contributed by atoms with Gasteiger partial charge in [0.1, 0.15) is 24.9 Å². The topological polar surface area (TPSA) is 95.5 Å². The molecule has 9 heteroatoms. The lowest BCUT2D eigenvalue weighted by Gasteiger charge is -2.28. The number of aliphatic hydroxyl groups is 1. The van der Waals surface area contributed by atoms with Crippen LogP contribution in [-0.4, -0.2) is 64.4 Å². The first-order valence-electron chi connectivity index (χ1n) is 11.5. The second kappa shape index (κ2) is 10.0. The van der Waals surface area contributed by atoms with Crippen molar-refractivity contribution in [2.24, 2.45) is 0 Å². The average molecular weight is 482 g/mol. The minimum Gasteiger partial charge on any atom is -0.493 e. The molecule has 5 rings (SSSR count). The molecule has 2 aromatic heterocycles. The van der Waals surface area contributed by atoms with Crippen LogP contribution in [-0.2, 0) is 0 Å². The molecule has 4 aromatic rings. The highest BCUT2D eigenvalue weighted by molar-refractivity contribution is 6.36. The number of H-pyrrole nitrogens is 1. The van der Waals surface area contributed by atoms with Crippen LogP contribution in [0.15, 0.2) is 42.9 Å². The number of piperidine rings is 1. The van der Waals surface area contributed by atoms with Gasteiger partial charge in [0.05, 0.1) is 28.9 Å². The Morgan fingerprint density at radius 1 is 1.15 bits per heavy atom. The molecule has 0 bridgehead atoms. The van der Waals surface area contributed by atoms with Crippen LogP contribution in [0.1, 0.15) is 19.3 Å². The zero-order chi connectivity index (χ0) is 23.5. The van der Waals surface area contributed by atoms with Gasteiger partial charge in [0.15, 0.2) is 11.5 Å². The number of benzene rings is 2. The number of fused-ring (bicyclic) bond motifs is 2. The molecule has 8 nitrogen and oxygen atoms in total. The van der Waals surface area contributed by atoms with Crippen molar-refractivity contribution in [3.05, 3.63) is 47.9 Å². The molecule has 1 atom stereocenters. The summed E-state index contributed by atoms with van der Waals surface area (Å²) in [7, 11) is 1.59. The number of hydrogen-bond acceptors (Lipinski definition) is 7. The van der Waals surface area contributed by atoms with Gasteiger partial charge in [-0.05, 0) is 38.1 Å². The van der Waals surface area contributed by atoms with Crippen molar-refractivity contribution >= 4 is 44.9 Å². The molecule has 1 saturated heterocycles. The standard InChI is InChI=1S/C25H28ClN5O3/c1-33-22-10-18-21(11-23(22)34-14-16(32)13-31-8-3-2-4-9-31)28-15-29-25(18)30-20-7-5-6-17-19(26)12-27-24(17)20/h5-7,10-12,15-16,27,32H,2-4,8-9,13-14H2,1H3,(H,28,29,30)/t16-/m1/s1. The number of ether oxygens (including phenoxy) is 2. The summed E-state index contributed by atoms with van der Waals surface area (Å²) < 4.78 is 11.5. The van der Waals surface area contributed by atoms with Crippen LogP contribution in [0, 0.1) is 0 Å². The Kier molecular flexibility index (Phi) is 6.71. The van der Waals surface area contributed by atoms with Gasteiger partial charge in [-0.3, -0.25) is 0 Å². The second-order valence-electron chi connectivity index (χ2n) is 8.56. The highest BCUT2D eigenvalue weighted by atomic mass is 35.5. The Labute approximate surface area is 202 Å². The highest BCUT2D eigenvalue weighted by Crippen LogP contribution is 2.36. The predicted molar refractivity (Wildman–Crippen MR) is 134 cm³/mol. The zero-order valence-corrected chi connectivity index (χ0v) is 19.8. The first-order chi connectivity index (χ1) is 16.6. The fourth-order valence-corrected chi connectivity index (χ4v) is 4.68.